The van der Waals surface area contributed by atoms with E-state index in [0.717, 1.165) is 65.5 Å². The van der Waals surface area contributed by atoms with Crippen molar-refractivity contribution in [1.82, 2.24) is 25.5 Å². The zero-order valence-corrected chi connectivity index (χ0v) is 17.0. The minimum absolute atomic E-state index is 0.360. The van der Waals surface area contributed by atoms with Crippen molar-refractivity contribution in [3.05, 3.63) is 53.2 Å². The van der Waals surface area contributed by atoms with Gasteiger partial charge in [-0.15, -0.1) is 10.2 Å². The molecular weight excluding hydrogens is 362 g/mol. The van der Waals surface area contributed by atoms with Gasteiger partial charge in [-0.05, 0) is 76.5 Å². The Hall–Kier alpha value is -2.99. The van der Waals surface area contributed by atoms with E-state index in [1.807, 2.05) is 13.8 Å². The Morgan fingerprint density at radius 1 is 0.931 bits per heavy atom. The van der Waals surface area contributed by atoms with Crippen molar-refractivity contribution in [2.75, 3.05) is 13.1 Å². The average molecular weight is 387 g/mol. The van der Waals surface area contributed by atoms with Gasteiger partial charge in [0.1, 0.15) is 0 Å². The zero-order chi connectivity index (χ0) is 20.0. The smallest absolute Gasteiger partial charge is 0.247 e. The van der Waals surface area contributed by atoms with Gasteiger partial charge < -0.3 is 14.7 Å². The first-order chi connectivity index (χ1) is 14.1. The second-order valence-electron chi connectivity index (χ2n) is 7.99. The van der Waals surface area contributed by atoms with Crippen molar-refractivity contribution in [2.45, 2.75) is 39.5 Å². The van der Waals surface area contributed by atoms with E-state index in [9.17, 15) is 0 Å². The Morgan fingerprint density at radius 2 is 1.69 bits per heavy atom. The van der Waals surface area contributed by atoms with Crippen molar-refractivity contribution in [2.24, 2.45) is 0 Å². The lowest BCUT2D eigenvalue weighted by atomic mass is 9.98. The van der Waals surface area contributed by atoms with E-state index in [2.05, 4.69) is 62.7 Å². The number of nitrogens with one attached hydrogen (secondary N) is 2. The third-order valence-electron chi connectivity index (χ3n) is 5.80. The molecule has 29 heavy (non-hydrogen) atoms. The Kier molecular flexibility index (Phi) is 4.43. The highest BCUT2D eigenvalue weighted by Gasteiger charge is 2.22. The van der Waals surface area contributed by atoms with E-state index in [4.69, 9.17) is 4.42 Å². The molecule has 1 aromatic carbocycles. The van der Waals surface area contributed by atoms with Crippen LogP contribution in [0.3, 0.4) is 0 Å². The summed E-state index contributed by atoms with van der Waals surface area (Å²) in [5.41, 5.74) is 7.59. The first-order valence-electron chi connectivity index (χ1n) is 10.2. The number of nitrogens with zero attached hydrogens (tertiary/aromatic N) is 3. The number of hydrogen-bond acceptors (Lipinski definition) is 5. The maximum Gasteiger partial charge on any atom is 0.247 e. The number of aromatic nitrogens is 4. The van der Waals surface area contributed by atoms with E-state index in [1.54, 1.807) is 0 Å². The number of hydrogen-bond donors (Lipinski definition) is 2. The Balaban J connectivity index is 1.52. The molecule has 3 aromatic heterocycles. The monoisotopic (exact) mass is 387 g/mol. The van der Waals surface area contributed by atoms with Crippen LogP contribution in [0.4, 0.5) is 0 Å². The first kappa shape index (κ1) is 18.1. The van der Waals surface area contributed by atoms with Crippen molar-refractivity contribution in [3.8, 4) is 22.7 Å². The second kappa shape index (κ2) is 7.12. The van der Waals surface area contributed by atoms with Crippen molar-refractivity contribution >= 4 is 10.9 Å². The normalized spacial score (nSPS) is 15.3. The summed E-state index contributed by atoms with van der Waals surface area (Å²) >= 11 is 0. The van der Waals surface area contributed by atoms with Crippen LogP contribution in [0, 0.1) is 20.8 Å². The van der Waals surface area contributed by atoms with Crippen molar-refractivity contribution in [1.29, 1.82) is 0 Å². The minimum atomic E-state index is 0.360. The number of fused-ring (bicyclic) bond motifs is 1. The lowest BCUT2D eigenvalue weighted by Crippen LogP contribution is -2.26. The fraction of sp³-hybridized carbons (Fsp3) is 0.348. The molecule has 0 spiro atoms. The summed E-state index contributed by atoms with van der Waals surface area (Å²) in [5.74, 6) is 1.70. The molecule has 0 bridgehead atoms. The molecule has 0 radical (unpaired) electrons. The van der Waals surface area contributed by atoms with Crippen LogP contribution in [0.2, 0.25) is 0 Å². The van der Waals surface area contributed by atoms with Crippen LogP contribution in [-0.2, 0) is 0 Å². The van der Waals surface area contributed by atoms with Crippen LogP contribution in [0.1, 0.15) is 41.6 Å². The van der Waals surface area contributed by atoms with Gasteiger partial charge in [0.15, 0.2) is 0 Å². The summed E-state index contributed by atoms with van der Waals surface area (Å²) in [7, 11) is 0. The molecule has 6 nitrogen and oxygen atoms in total. The summed E-state index contributed by atoms with van der Waals surface area (Å²) < 4.78 is 6.04. The molecule has 5 rings (SSSR count). The van der Waals surface area contributed by atoms with Crippen LogP contribution in [0.5, 0.6) is 0 Å². The minimum Gasteiger partial charge on any atom is -0.420 e. The van der Waals surface area contributed by atoms with Gasteiger partial charge in [0.25, 0.3) is 0 Å². The number of H-pyrrole nitrogens is 1. The average Bonchev–Trinajstić information content (AvgIpc) is 3.33. The lowest BCUT2D eigenvalue weighted by Gasteiger charge is -2.18. The maximum atomic E-state index is 6.04. The number of benzene rings is 1. The van der Waals surface area contributed by atoms with Gasteiger partial charge in [0.2, 0.25) is 11.8 Å². The molecule has 1 saturated heterocycles. The molecule has 0 aliphatic carbocycles. The molecule has 2 N–H and O–H groups in total. The highest BCUT2D eigenvalue weighted by atomic mass is 16.4. The fourth-order valence-electron chi connectivity index (χ4n) is 4.32. The summed E-state index contributed by atoms with van der Waals surface area (Å²) in [6.45, 7) is 8.23. The Labute approximate surface area is 169 Å². The quantitative estimate of drug-likeness (QED) is 0.534. The molecule has 6 heteroatoms. The highest BCUT2D eigenvalue weighted by molar-refractivity contribution is 5.92. The predicted octanol–water partition coefficient (Wildman–Crippen LogP) is 4.67. The van der Waals surface area contributed by atoms with E-state index in [1.165, 1.54) is 10.9 Å². The topological polar surface area (TPSA) is 79.6 Å². The summed E-state index contributed by atoms with van der Waals surface area (Å²) in [5, 5.41) is 13.2. The maximum absolute atomic E-state index is 6.04. The Bertz CT molecular complexity index is 1160. The molecule has 0 atom stereocenters. The van der Waals surface area contributed by atoms with E-state index >= 15 is 0 Å². The fourth-order valence-corrected chi connectivity index (χ4v) is 4.32. The number of piperidine rings is 1. The van der Waals surface area contributed by atoms with Crippen LogP contribution >= 0.6 is 0 Å². The third-order valence-corrected chi connectivity index (χ3v) is 5.80. The summed E-state index contributed by atoms with van der Waals surface area (Å²) in [6, 6.07) is 10.5. The Morgan fingerprint density at radius 3 is 2.45 bits per heavy atom. The summed E-state index contributed by atoms with van der Waals surface area (Å²) in [4.78, 5) is 8.08. The molecule has 1 aliphatic heterocycles. The SMILES string of the molecule is Cc1cc(-c2[nH]c3cc(-c4nnc(C5CCNCC5)o4)ccc3c2C)cc(C)n1. The largest absolute Gasteiger partial charge is 0.420 e. The number of pyridine rings is 1. The van der Waals surface area contributed by atoms with Crippen molar-refractivity contribution < 1.29 is 4.42 Å². The van der Waals surface area contributed by atoms with Gasteiger partial charge >= 0.3 is 0 Å². The molecule has 0 saturated carbocycles. The number of aromatic amines is 1. The van der Waals surface area contributed by atoms with Gasteiger partial charge in [0.05, 0.1) is 0 Å². The first-order valence-corrected chi connectivity index (χ1v) is 10.2. The van der Waals surface area contributed by atoms with Crippen molar-refractivity contribution in [3.63, 3.8) is 0 Å². The van der Waals surface area contributed by atoms with Crippen LogP contribution in [0.15, 0.2) is 34.7 Å². The lowest BCUT2D eigenvalue weighted by molar-refractivity contribution is 0.378. The van der Waals surface area contributed by atoms with Crippen LogP contribution in [0.25, 0.3) is 33.6 Å². The molecule has 148 valence electrons. The molecule has 0 unspecified atom stereocenters. The molecular formula is C23H25N5O. The number of rotatable bonds is 3. The van der Waals surface area contributed by atoms with E-state index in [0.29, 0.717) is 11.8 Å². The van der Waals surface area contributed by atoms with Crippen LogP contribution in [-0.4, -0.2) is 33.3 Å². The molecule has 1 aliphatic rings. The van der Waals surface area contributed by atoms with Gasteiger partial charge in [-0.1, -0.05) is 6.07 Å². The molecule has 4 heterocycles. The van der Waals surface area contributed by atoms with Gasteiger partial charge in [-0.25, -0.2) is 0 Å². The molecule has 4 aromatic rings. The van der Waals surface area contributed by atoms with E-state index in [-0.39, 0.29) is 0 Å². The predicted molar refractivity (Wildman–Crippen MR) is 114 cm³/mol. The summed E-state index contributed by atoms with van der Waals surface area (Å²) in [6.07, 6.45) is 2.09. The second-order valence-corrected chi connectivity index (χ2v) is 7.99. The highest BCUT2D eigenvalue weighted by Crippen LogP contribution is 2.33. The van der Waals surface area contributed by atoms with Gasteiger partial charge in [-0.2, -0.15) is 0 Å². The third kappa shape index (κ3) is 3.34. The zero-order valence-electron chi connectivity index (χ0n) is 17.0. The van der Waals surface area contributed by atoms with Gasteiger partial charge in [0, 0.05) is 45.0 Å². The standard InChI is InChI=1S/C23H25N5O/c1-13-10-18(11-14(2)25-13)21-15(3)19-5-4-17(12-20(19)26-21)23-28-27-22(29-23)16-6-8-24-9-7-16/h4-5,10-12,16,24,26H,6-9H2,1-3H3. The molecule has 0 amide bonds. The van der Waals surface area contributed by atoms with E-state index < -0.39 is 0 Å². The molecule has 1 fully saturated rings. The number of aryl methyl sites for hydroxylation is 3. The van der Waals surface area contributed by atoms with Crippen LogP contribution < -0.4 is 5.32 Å². The van der Waals surface area contributed by atoms with Gasteiger partial charge in [-0.3, -0.25) is 4.98 Å².